The Balaban J connectivity index is 1.35. The summed E-state index contributed by atoms with van der Waals surface area (Å²) < 4.78 is 49.0. The van der Waals surface area contributed by atoms with Gasteiger partial charge in [-0.1, -0.05) is 22.4 Å². The molecule has 0 atom stereocenters. The molecule has 7 nitrogen and oxygen atoms in total. The zero-order valence-corrected chi connectivity index (χ0v) is 16.4. The molecule has 2 aromatic heterocycles. The Morgan fingerprint density at radius 3 is 2.63 bits per heavy atom. The van der Waals surface area contributed by atoms with Crippen molar-refractivity contribution >= 4 is 5.91 Å². The number of aryl methyl sites for hydroxylation is 2. The van der Waals surface area contributed by atoms with Gasteiger partial charge in [0.15, 0.2) is 0 Å². The minimum Gasteiger partial charge on any atom is -0.361 e. The van der Waals surface area contributed by atoms with Crippen molar-refractivity contribution in [1.82, 2.24) is 20.2 Å². The van der Waals surface area contributed by atoms with Crippen LogP contribution in [0.2, 0.25) is 0 Å². The number of alkyl halides is 3. The molecule has 0 spiro atoms. The van der Waals surface area contributed by atoms with E-state index >= 15 is 0 Å². The monoisotopic (exact) mass is 420 g/mol. The number of aromatic nitrogens is 3. The van der Waals surface area contributed by atoms with Crippen molar-refractivity contribution < 1.29 is 27.0 Å². The lowest BCUT2D eigenvalue weighted by atomic mass is 9.98. The summed E-state index contributed by atoms with van der Waals surface area (Å²) in [6.07, 6.45) is -3.54. The number of hydrogen-bond acceptors (Lipinski definition) is 6. The molecule has 1 saturated heterocycles. The molecule has 0 radical (unpaired) electrons. The molecule has 0 aliphatic carbocycles. The number of amides is 1. The lowest BCUT2D eigenvalue weighted by Crippen LogP contribution is -2.48. The number of halogens is 3. The first-order valence-corrected chi connectivity index (χ1v) is 9.43. The van der Waals surface area contributed by atoms with E-state index in [0.29, 0.717) is 31.8 Å². The van der Waals surface area contributed by atoms with Crippen molar-refractivity contribution in [2.24, 2.45) is 0 Å². The molecule has 3 heterocycles. The quantitative estimate of drug-likeness (QED) is 0.622. The summed E-state index contributed by atoms with van der Waals surface area (Å²) in [7, 11) is 0. The predicted octanol–water partition coefficient (Wildman–Crippen LogP) is 3.92. The van der Waals surface area contributed by atoms with Crippen molar-refractivity contribution in [3.8, 4) is 11.4 Å². The van der Waals surface area contributed by atoms with E-state index in [0.717, 1.165) is 29.2 Å². The molecule has 0 bridgehead atoms. The van der Waals surface area contributed by atoms with Crippen molar-refractivity contribution in [3.05, 3.63) is 52.7 Å². The highest BCUT2D eigenvalue weighted by atomic mass is 19.4. The molecular formula is C20H19F3N4O3. The summed E-state index contributed by atoms with van der Waals surface area (Å²) in [5.74, 6) is 1.01. The van der Waals surface area contributed by atoms with E-state index < -0.39 is 11.7 Å². The fourth-order valence-electron chi connectivity index (χ4n) is 3.44. The molecule has 3 aromatic rings. The van der Waals surface area contributed by atoms with Crippen LogP contribution in [0.3, 0.4) is 0 Å². The van der Waals surface area contributed by atoms with E-state index in [4.69, 9.17) is 9.05 Å². The zero-order valence-electron chi connectivity index (χ0n) is 16.4. The van der Waals surface area contributed by atoms with Gasteiger partial charge < -0.3 is 13.9 Å². The highest BCUT2D eigenvalue weighted by molar-refractivity contribution is 5.77. The summed E-state index contributed by atoms with van der Waals surface area (Å²) >= 11 is 0. The highest BCUT2D eigenvalue weighted by Crippen LogP contribution is 2.33. The van der Waals surface area contributed by atoms with Crippen molar-refractivity contribution in [2.45, 2.75) is 38.8 Å². The SMILES string of the molecule is Cc1noc(C)c1CCC(=O)N1CC(c2nc(-c3cccc(C(F)(F)F)c3)no2)C1. The molecule has 1 fully saturated rings. The van der Waals surface area contributed by atoms with E-state index in [-0.39, 0.29) is 23.2 Å². The summed E-state index contributed by atoms with van der Waals surface area (Å²) in [4.78, 5) is 18.3. The second kappa shape index (κ2) is 7.58. The van der Waals surface area contributed by atoms with Gasteiger partial charge in [0.2, 0.25) is 17.6 Å². The van der Waals surface area contributed by atoms with Gasteiger partial charge in [0.1, 0.15) is 5.76 Å². The summed E-state index contributed by atoms with van der Waals surface area (Å²) in [6.45, 7) is 4.53. The Labute approximate surface area is 169 Å². The third-order valence-electron chi connectivity index (χ3n) is 5.24. The van der Waals surface area contributed by atoms with Crippen LogP contribution in [0, 0.1) is 13.8 Å². The Bertz CT molecular complexity index is 1050. The van der Waals surface area contributed by atoms with E-state index in [9.17, 15) is 18.0 Å². The van der Waals surface area contributed by atoms with Crippen LogP contribution >= 0.6 is 0 Å². The fourth-order valence-corrected chi connectivity index (χ4v) is 3.44. The number of likely N-dealkylation sites (tertiary alicyclic amines) is 1. The van der Waals surface area contributed by atoms with Gasteiger partial charge in [-0.3, -0.25) is 4.79 Å². The molecule has 0 unspecified atom stereocenters. The minimum absolute atomic E-state index is 0.00358. The van der Waals surface area contributed by atoms with E-state index in [1.165, 1.54) is 12.1 Å². The van der Waals surface area contributed by atoms with Gasteiger partial charge in [-0.25, -0.2) is 0 Å². The summed E-state index contributed by atoms with van der Waals surface area (Å²) in [6, 6.07) is 4.77. The maximum absolute atomic E-state index is 12.9. The van der Waals surface area contributed by atoms with Gasteiger partial charge in [0.05, 0.1) is 17.2 Å². The van der Waals surface area contributed by atoms with Crippen LogP contribution < -0.4 is 0 Å². The molecule has 1 aliphatic heterocycles. The second-order valence-electron chi connectivity index (χ2n) is 7.33. The average molecular weight is 420 g/mol. The van der Waals surface area contributed by atoms with Crippen molar-refractivity contribution in [2.75, 3.05) is 13.1 Å². The van der Waals surface area contributed by atoms with Crippen LogP contribution in [0.25, 0.3) is 11.4 Å². The number of carbonyl (C=O) groups excluding carboxylic acids is 1. The molecule has 158 valence electrons. The molecule has 0 saturated carbocycles. The summed E-state index contributed by atoms with van der Waals surface area (Å²) in [5.41, 5.74) is 1.19. The minimum atomic E-state index is -4.44. The molecular weight excluding hydrogens is 401 g/mol. The third-order valence-corrected chi connectivity index (χ3v) is 5.24. The van der Waals surface area contributed by atoms with Gasteiger partial charge >= 0.3 is 6.18 Å². The number of benzene rings is 1. The van der Waals surface area contributed by atoms with Crippen LogP contribution in [-0.2, 0) is 17.4 Å². The van der Waals surface area contributed by atoms with E-state index in [1.54, 1.807) is 4.90 Å². The third kappa shape index (κ3) is 3.94. The van der Waals surface area contributed by atoms with Crippen molar-refractivity contribution in [1.29, 1.82) is 0 Å². The van der Waals surface area contributed by atoms with Crippen LogP contribution in [-0.4, -0.2) is 39.2 Å². The topological polar surface area (TPSA) is 85.3 Å². The van der Waals surface area contributed by atoms with Gasteiger partial charge in [0, 0.05) is 30.6 Å². The molecule has 10 heteroatoms. The molecule has 1 aliphatic rings. The lowest BCUT2D eigenvalue weighted by Gasteiger charge is -2.37. The predicted molar refractivity (Wildman–Crippen MR) is 98.4 cm³/mol. The van der Waals surface area contributed by atoms with Crippen molar-refractivity contribution in [3.63, 3.8) is 0 Å². The molecule has 1 aromatic carbocycles. The second-order valence-corrected chi connectivity index (χ2v) is 7.33. The maximum Gasteiger partial charge on any atom is 0.416 e. The Hall–Kier alpha value is -3.17. The van der Waals surface area contributed by atoms with Gasteiger partial charge in [-0.15, -0.1) is 0 Å². The Kier molecular flexibility index (Phi) is 5.08. The van der Waals surface area contributed by atoms with E-state index in [2.05, 4.69) is 15.3 Å². The summed E-state index contributed by atoms with van der Waals surface area (Å²) in [5, 5.41) is 7.68. The average Bonchev–Trinajstić information content (AvgIpc) is 3.26. The first kappa shape index (κ1) is 20.1. The van der Waals surface area contributed by atoms with Gasteiger partial charge in [-0.05, 0) is 32.4 Å². The zero-order chi connectivity index (χ0) is 21.5. The smallest absolute Gasteiger partial charge is 0.361 e. The first-order chi connectivity index (χ1) is 14.2. The Morgan fingerprint density at radius 1 is 1.20 bits per heavy atom. The van der Waals surface area contributed by atoms with Gasteiger partial charge in [0.25, 0.3) is 0 Å². The number of nitrogens with zero attached hydrogens (tertiary/aromatic N) is 4. The van der Waals surface area contributed by atoms with Crippen LogP contribution in [0.4, 0.5) is 13.2 Å². The number of carbonyl (C=O) groups is 1. The molecule has 0 N–H and O–H groups in total. The number of hydrogen-bond donors (Lipinski definition) is 0. The molecule has 1 amide bonds. The van der Waals surface area contributed by atoms with Gasteiger partial charge in [-0.2, -0.15) is 18.2 Å². The molecule has 4 rings (SSSR count). The molecule has 30 heavy (non-hydrogen) atoms. The van der Waals surface area contributed by atoms with Crippen LogP contribution in [0.15, 0.2) is 33.3 Å². The maximum atomic E-state index is 12.9. The Morgan fingerprint density at radius 2 is 1.97 bits per heavy atom. The lowest BCUT2D eigenvalue weighted by molar-refractivity contribution is -0.137. The van der Waals surface area contributed by atoms with Crippen LogP contribution in [0.1, 0.15) is 40.8 Å². The highest BCUT2D eigenvalue weighted by Gasteiger charge is 2.36. The number of rotatable bonds is 5. The largest absolute Gasteiger partial charge is 0.416 e. The fraction of sp³-hybridized carbons (Fsp3) is 0.400. The standard InChI is InChI=1S/C20H19F3N4O3/c1-11-16(12(2)29-25-11)6-7-17(28)27-9-14(10-27)19-24-18(26-30-19)13-4-3-5-15(8-13)20(21,22)23/h3-5,8,14H,6-7,9-10H2,1-2H3. The van der Waals surface area contributed by atoms with Crippen LogP contribution in [0.5, 0.6) is 0 Å². The normalized spacial score (nSPS) is 14.8. The van der Waals surface area contributed by atoms with E-state index in [1.807, 2.05) is 13.8 Å². The first-order valence-electron chi connectivity index (χ1n) is 9.43.